The SMILES string of the molecule is Cl.NC[C@@H]1CN(Cc2cn[nH]c2-c2ccccc2F)C[C@H]1c1ccccc1. The second kappa shape index (κ2) is 8.65. The van der Waals surface area contributed by atoms with Crippen molar-refractivity contribution in [2.75, 3.05) is 19.6 Å². The lowest BCUT2D eigenvalue weighted by atomic mass is 9.89. The molecule has 0 saturated carbocycles. The van der Waals surface area contributed by atoms with Gasteiger partial charge < -0.3 is 5.73 Å². The molecule has 1 saturated heterocycles. The summed E-state index contributed by atoms with van der Waals surface area (Å²) in [5.41, 5.74) is 9.72. The van der Waals surface area contributed by atoms with Crippen LogP contribution in [0.1, 0.15) is 17.0 Å². The molecule has 0 radical (unpaired) electrons. The smallest absolute Gasteiger partial charge is 0.132 e. The molecule has 1 fully saturated rings. The first-order valence-electron chi connectivity index (χ1n) is 9.00. The van der Waals surface area contributed by atoms with Crippen molar-refractivity contribution in [3.05, 3.63) is 77.7 Å². The molecular formula is C21H24ClFN4. The van der Waals surface area contributed by atoms with Crippen LogP contribution in [0.25, 0.3) is 11.3 Å². The van der Waals surface area contributed by atoms with Gasteiger partial charge in [-0.05, 0) is 30.2 Å². The number of halogens is 2. The lowest BCUT2D eigenvalue weighted by Crippen LogP contribution is -2.23. The number of nitrogens with two attached hydrogens (primary N) is 1. The van der Waals surface area contributed by atoms with Gasteiger partial charge in [-0.2, -0.15) is 5.10 Å². The van der Waals surface area contributed by atoms with Gasteiger partial charge in [0.05, 0.1) is 11.9 Å². The zero-order valence-corrected chi connectivity index (χ0v) is 15.8. The van der Waals surface area contributed by atoms with E-state index in [4.69, 9.17) is 5.73 Å². The fourth-order valence-corrected chi connectivity index (χ4v) is 3.98. The minimum absolute atomic E-state index is 0. The molecule has 2 heterocycles. The van der Waals surface area contributed by atoms with Crippen LogP contribution in [0, 0.1) is 11.7 Å². The van der Waals surface area contributed by atoms with E-state index in [0.717, 1.165) is 30.9 Å². The van der Waals surface area contributed by atoms with Crippen LogP contribution >= 0.6 is 12.4 Å². The highest BCUT2D eigenvalue weighted by Crippen LogP contribution is 2.34. The molecule has 142 valence electrons. The molecule has 0 amide bonds. The Morgan fingerprint density at radius 2 is 1.81 bits per heavy atom. The van der Waals surface area contributed by atoms with Crippen molar-refractivity contribution in [3.8, 4) is 11.3 Å². The van der Waals surface area contributed by atoms with Crippen LogP contribution in [0.15, 0.2) is 60.8 Å². The molecule has 27 heavy (non-hydrogen) atoms. The highest BCUT2D eigenvalue weighted by molar-refractivity contribution is 5.85. The van der Waals surface area contributed by atoms with Gasteiger partial charge in [-0.1, -0.05) is 42.5 Å². The fraction of sp³-hybridized carbons (Fsp3) is 0.286. The Morgan fingerprint density at radius 1 is 1.07 bits per heavy atom. The van der Waals surface area contributed by atoms with Crippen molar-refractivity contribution >= 4 is 12.4 Å². The number of hydrogen-bond acceptors (Lipinski definition) is 3. The van der Waals surface area contributed by atoms with Crippen molar-refractivity contribution in [2.24, 2.45) is 11.7 Å². The first-order valence-corrected chi connectivity index (χ1v) is 9.00. The minimum Gasteiger partial charge on any atom is -0.330 e. The maximum atomic E-state index is 14.2. The Hall–Kier alpha value is -2.21. The molecule has 2 aromatic carbocycles. The molecule has 4 nitrogen and oxygen atoms in total. The van der Waals surface area contributed by atoms with Crippen molar-refractivity contribution in [3.63, 3.8) is 0 Å². The van der Waals surface area contributed by atoms with Gasteiger partial charge in [0.1, 0.15) is 5.82 Å². The average molecular weight is 387 g/mol. The van der Waals surface area contributed by atoms with Crippen LogP contribution in [0.3, 0.4) is 0 Å². The van der Waals surface area contributed by atoms with E-state index >= 15 is 0 Å². The van der Waals surface area contributed by atoms with Crippen LogP contribution in [0.5, 0.6) is 0 Å². The van der Waals surface area contributed by atoms with Crippen LogP contribution in [0.4, 0.5) is 4.39 Å². The monoisotopic (exact) mass is 386 g/mol. The van der Waals surface area contributed by atoms with E-state index in [-0.39, 0.29) is 18.2 Å². The standard InChI is InChI=1S/C21H23FN4.ClH/c22-20-9-5-4-8-18(20)21-17(11-24-25-21)13-26-12-16(10-23)19(14-26)15-6-2-1-3-7-15;/h1-9,11,16,19H,10,12-14,23H2,(H,24,25);1H/t16-,19+;/m1./s1. The lowest BCUT2D eigenvalue weighted by molar-refractivity contribution is 0.317. The van der Waals surface area contributed by atoms with E-state index < -0.39 is 0 Å². The number of benzene rings is 2. The third kappa shape index (κ3) is 4.05. The molecule has 1 aromatic heterocycles. The Morgan fingerprint density at radius 3 is 2.56 bits per heavy atom. The number of hydrogen-bond donors (Lipinski definition) is 2. The van der Waals surface area contributed by atoms with Crippen molar-refractivity contribution in [2.45, 2.75) is 12.5 Å². The molecule has 3 aromatic rings. The summed E-state index contributed by atoms with van der Waals surface area (Å²) in [6, 6.07) is 17.4. The van der Waals surface area contributed by atoms with E-state index in [9.17, 15) is 4.39 Å². The van der Waals surface area contributed by atoms with Crippen LogP contribution in [0.2, 0.25) is 0 Å². The molecular weight excluding hydrogens is 363 g/mol. The summed E-state index contributed by atoms with van der Waals surface area (Å²) in [6.45, 7) is 3.30. The molecule has 1 aliphatic rings. The molecule has 0 unspecified atom stereocenters. The molecule has 0 bridgehead atoms. The summed E-state index contributed by atoms with van der Waals surface area (Å²) in [4.78, 5) is 2.39. The first-order chi connectivity index (χ1) is 12.8. The summed E-state index contributed by atoms with van der Waals surface area (Å²) < 4.78 is 14.2. The predicted molar refractivity (Wildman–Crippen MR) is 108 cm³/mol. The quantitative estimate of drug-likeness (QED) is 0.701. The van der Waals surface area contributed by atoms with Crippen LogP contribution in [-0.4, -0.2) is 34.7 Å². The zero-order valence-electron chi connectivity index (χ0n) is 15.0. The maximum Gasteiger partial charge on any atom is 0.132 e. The summed E-state index contributed by atoms with van der Waals surface area (Å²) in [5.74, 6) is 0.632. The summed E-state index contributed by atoms with van der Waals surface area (Å²) in [6.07, 6.45) is 1.80. The van der Waals surface area contributed by atoms with Gasteiger partial charge in [0.15, 0.2) is 0 Å². The summed E-state index contributed by atoms with van der Waals surface area (Å²) in [7, 11) is 0. The first kappa shape index (κ1) is 19.5. The number of rotatable bonds is 5. The number of nitrogens with zero attached hydrogens (tertiary/aromatic N) is 2. The van der Waals surface area contributed by atoms with Gasteiger partial charge in [-0.3, -0.25) is 10.00 Å². The van der Waals surface area contributed by atoms with Gasteiger partial charge in [0, 0.05) is 36.7 Å². The third-order valence-electron chi connectivity index (χ3n) is 5.30. The zero-order chi connectivity index (χ0) is 17.9. The van der Waals surface area contributed by atoms with Crippen molar-refractivity contribution < 1.29 is 4.39 Å². The number of likely N-dealkylation sites (tertiary alicyclic amines) is 1. The van der Waals surface area contributed by atoms with E-state index in [0.29, 0.717) is 23.9 Å². The molecule has 1 aliphatic heterocycles. The highest BCUT2D eigenvalue weighted by atomic mass is 35.5. The number of aromatic nitrogens is 2. The van der Waals surface area contributed by atoms with Gasteiger partial charge in [0.2, 0.25) is 0 Å². The lowest BCUT2D eigenvalue weighted by Gasteiger charge is -2.17. The van der Waals surface area contributed by atoms with E-state index in [1.54, 1.807) is 18.3 Å². The second-order valence-corrected chi connectivity index (χ2v) is 6.96. The van der Waals surface area contributed by atoms with Crippen LogP contribution in [-0.2, 0) is 6.54 Å². The summed E-state index contributed by atoms with van der Waals surface area (Å²) in [5, 5.41) is 7.12. The van der Waals surface area contributed by atoms with E-state index in [1.165, 1.54) is 11.6 Å². The van der Waals surface area contributed by atoms with Crippen molar-refractivity contribution in [1.29, 1.82) is 0 Å². The van der Waals surface area contributed by atoms with Crippen molar-refractivity contribution in [1.82, 2.24) is 15.1 Å². The van der Waals surface area contributed by atoms with E-state index in [1.807, 2.05) is 12.1 Å². The molecule has 6 heteroatoms. The third-order valence-corrected chi connectivity index (χ3v) is 5.30. The topological polar surface area (TPSA) is 57.9 Å². The summed E-state index contributed by atoms with van der Waals surface area (Å²) >= 11 is 0. The van der Waals surface area contributed by atoms with Gasteiger partial charge in [-0.25, -0.2) is 4.39 Å². The number of aromatic amines is 1. The van der Waals surface area contributed by atoms with Gasteiger partial charge in [-0.15, -0.1) is 12.4 Å². The second-order valence-electron chi connectivity index (χ2n) is 6.96. The normalized spacial score (nSPS) is 19.8. The highest BCUT2D eigenvalue weighted by Gasteiger charge is 2.33. The fourth-order valence-electron chi connectivity index (χ4n) is 3.98. The minimum atomic E-state index is -0.235. The number of H-pyrrole nitrogens is 1. The van der Waals surface area contributed by atoms with Gasteiger partial charge >= 0.3 is 0 Å². The Bertz CT molecular complexity index is 867. The largest absolute Gasteiger partial charge is 0.330 e. The molecule has 4 rings (SSSR count). The Labute approximate surface area is 165 Å². The maximum absolute atomic E-state index is 14.2. The molecule has 3 N–H and O–H groups in total. The molecule has 0 aliphatic carbocycles. The van der Waals surface area contributed by atoms with Gasteiger partial charge in [0.25, 0.3) is 0 Å². The predicted octanol–water partition coefficient (Wildman–Crippen LogP) is 3.81. The number of nitrogens with one attached hydrogen (secondary N) is 1. The molecule has 0 spiro atoms. The van der Waals surface area contributed by atoms with E-state index in [2.05, 4.69) is 39.4 Å². The molecule has 2 atom stereocenters. The average Bonchev–Trinajstić information content (AvgIpc) is 3.30. The Balaban J connectivity index is 0.00000210. The van der Waals surface area contributed by atoms with Crippen LogP contribution < -0.4 is 5.73 Å². The Kier molecular flexibility index (Phi) is 6.26.